The van der Waals surface area contributed by atoms with Crippen LogP contribution in [0.2, 0.25) is 0 Å². The number of hydrogen-bond donors (Lipinski definition) is 1. The van der Waals surface area contributed by atoms with Crippen LogP contribution < -0.4 is 5.32 Å². The largest absolute Gasteiger partial charge is 0.427 e. The second-order valence-electron chi connectivity index (χ2n) is 11.9. The van der Waals surface area contributed by atoms with Crippen molar-refractivity contribution in [2.75, 3.05) is 13.6 Å². The molecule has 0 bridgehead atoms. The van der Waals surface area contributed by atoms with Crippen LogP contribution in [-0.4, -0.2) is 63.0 Å². The maximum Gasteiger partial charge on any atom is 0.418 e. The molecule has 1 spiro atoms. The second-order valence-corrected chi connectivity index (χ2v) is 11.9. The monoisotopic (exact) mass is 585 g/mol. The van der Waals surface area contributed by atoms with E-state index in [1.54, 1.807) is 41.2 Å². The van der Waals surface area contributed by atoms with Gasteiger partial charge < -0.3 is 15.0 Å². The van der Waals surface area contributed by atoms with Crippen LogP contribution in [0.15, 0.2) is 48.8 Å². The highest BCUT2D eigenvalue weighted by Crippen LogP contribution is 2.46. The fourth-order valence-electron chi connectivity index (χ4n) is 6.87. The average Bonchev–Trinajstić information content (AvgIpc) is 3.61. The number of likely N-dealkylation sites (N-methyl/N-ethyl adjacent to an activating group) is 1. The van der Waals surface area contributed by atoms with Gasteiger partial charge in [0.05, 0.1) is 6.20 Å². The van der Waals surface area contributed by atoms with Crippen molar-refractivity contribution in [1.29, 1.82) is 0 Å². The van der Waals surface area contributed by atoms with Crippen molar-refractivity contribution in [2.24, 2.45) is 5.92 Å². The van der Waals surface area contributed by atoms with Gasteiger partial charge in [0.2, 0.25) is 17.4 Å². The fourth-order valence-corrected chi connectivity index (χ4v) is 6.87. The molecule has 43 heavy (non-hydrogen) atoms. The number of rotatable bonds is 6. The number of hydrogen-bond acceptors (Lipinski definition) is 6. The summed E-state index contributed by atoms with van der Waals surface area (Å²) in [5.74, 6) is -0.899. The number of nitrogens with one attached hydrogen (secondary N) is 1. The molecule has 1 aromatic heterocycles. The summed E-state index contributed by atoms with van der Waals surface area (Å²) in [6.07, 6.45) is 6.92. The number of ether oxygens (including phenoxy) is 1. The van der Waals surface area contributed by atoms with E-state index < -0.39 is 24.1 Å². The quantitative estimate of drug-likeness (QED) is 0.475. The molecular formula is C32H32FN5O5. The van der Waals surface area contributed by atoms with Crippen LogP contribution in [0.3, 0.4) is 0 Å². The molecule has 2 aliphatic heterocycles. The minimum absolute atomic E-state index is 0.0167. The zero-order valence-electron chi connectivity index (χ0n) is 23.8. The molecule has 222 valence electrons. The first kappa shape index (κ1) is 27.3. The molecule has 0 radical (unpaired) electrons. The number of carbonyl (C=O) groups excluding carboxylic acids is 4. The summed E-state index contributed by atoms with van der Waals surface area (Å²) in [5.41, 5.74) is 3.55. The normalized spacial score (nSPS) is 22.8. The zero-order valence-corrected chi connectivity index (χ0v) is 23.8. The Hall–Kier alpha value is -4.54. The van der Waals surface area contributed by atoms with Crippen LogP contribution >= 0.6 is 0 Å². The van der Waals surface area contributed by atoms with E-state index in [1.807, 2.05) is 12.1 Å². The highest BCUT2D eigenvalue weighted by molar-refractivity contribution is 6.06. The van der Waals surface area contributed by atoms with Crippen LogP contribution in [0.25, 0.3) is 11.1 Å². The molecule has 4 aliphatic rings. The Morgan fingerprint density at radius 3 is 2.65 bits per heavy atom. The molecule has 11 heteroatoms. The fraction of sp³-hybridized carbons (Fsp3) is 0.406. The highest BCUT2D eigenvalue weighted by Gasteiger charge is 2.58. The topological polar surface area (TPSA) is 114 Å². The Morgan fingerprint density at radius 2 is 1.86 bits per heavy atom. The van der Waals surface area contributed by atoms with Gasteiger partial charge in [-0.3, -0.25) is 19.1 Å². The standard InChI is InChI=1S/C32H32FN5O5/c1-34-28(39)17-36-15-24(14-35-36)20-5-8-26-22(12-20)10-11-32(26)30(41)38(31(42)43-32)18-29(40)37-16-23-4-7-25(33)13-21(23)6-9-27(37)19-2-3-19/h4-5,7-8,12-15,19,27H,2-3,6,9-11,16-18H2,1H3,(H,34,39). The van der Waals surface area contributed by atoms with Gasteiger partial charge in [0.15, 0.2) is 0 Å². The van der Waals surface area contributed by atoms with Crippen molar-refractivity contribution in [3.63, 3.8) is 0 Å². The van der Waals surface area contributed by atoms with Crippen LogP contribution in [0.4, 0.5) is 9.18 Å². The van der Waals surface area contributed by atoms with E-state index in [1.165, 1.54) is 12.1 Å². The third kappa shape index (κ3) is 4.76. The van der Waals surface area contributed by atoms with Crippen molar-refractivity contribution < 1.29 is 28.3 Å². The highest BCUT2D eigenvalue weighted by atomic mass is 19.1. The van der Waals surface area contributed by atoms with Crippen LogP contribution in [-0.2, 0) is 50.7 Å². The van der Waals surface area contributed by atoms with Gasteiger partial charge in [-0.2, -0.15) is 5.10 Å². The lowest BCUT2D eigenvalue weighted by Crippen LogP contribution is -2.48. The van der Waals surface area contributed by atoms with Gasteiger partial charge >= 0.3 is 6.09 Å². The van der Waals surface area contributed by atoms with Gasteiger partial charge in [-0.05, 0) is 72.4 Å². The predicted octanol–water partition coefficient (Wildman–Crippen LogP) is 3.31. The molecule has 2 aromatic carbocycles. The van der Waals surface area contributed by atoms with E-state index in [2.05, 4.69) is 10.4 Å². The first-order valence-electron chi connectivity index (χ1n) is 14.7. The molecule has 1 saturated carbocycles. The molecule has 2 unspecified atom stereocenters. The van der Waals surface area contributed by atoms with Crippen molar-refractivity contribution in [1.82, 2.24) is 24.9 Å². The number of fused-ring (bicyclic) bond motifs is 3. The number of halogens is 1. The summed E-state index contributed by atoms with van der Waals surface area (Å²) in [7, 11) is 1.57. The van der Waals surface area contributed by atoms with Gasteiger partial charge in [0.25, 0.3) is 5.91 Å². The third-order valence-electron chi connectivity index (χ3n) is 9.31. The molecule has 7 rings (SSSR count). The molecule has 3 aromatic rings. The van der Waals surface area contributed by atoms with E-state index in [0.717, 1.165) is 52.0 Å². The molecule has 10 nitrogen and oxygen atoms in total. The van der Waals surface area contributed by atoms with E-state index >= 15 is 0 Å². The molecule has 1 saturated heterocycles. The number of carbonyl (C=O) groups is 4. The summed E-state index contributed by atoms with van der Waals surface area (Å²) >= 11 is 0. The first-order chi connectivity index (χ1) is 20.8. The lowest BCUT2D eigenvalue weighted by atomic mass is 9.93. The van der Waals surface area contributed by atoms with Crippen molar-refractivity contribution >= 4 is 23.8 Å². The molecular weight excluding hydrogens is 553 g/mol. The molecule has 3 heterocycles. The molecule has 2 atom stereocenters. The van der Waals surface area contributed by atoms with Gasteiger partial charge in [-0.25, -0.2) is 14.1 Å². The van der Waals surface area contributed by atoms with E-state index in [0.29, 0.717) is 37.3 Å². The number of aryl methyl sites for hydroxylation is 2. The SMILES string of the molecule is CNC(=O)Cn1cc(-c2ccc3c(c2)CCC32OC(=O)N(CC(=O)N3Cc4ccc(F)cc4CCC3C3CC3)C2=O)cn1. The smallest absolute Gasteiger partial charge is 0.418 e. The van der Waals surface area contributed by atoms with Crippen molar-refractivity contribution in [3.8, 4) is 11.1 Å². The maximum absolute atomic E-state index is 13.9. The van der Waals surface area contributed by atoms with Gasteiger partial charge in [-0.1, -0.05) is 24.3 Å². The Bertz CT molecular complexity index is 1670. The number of imide groups is 1. The molecule has 2 aliphatic carbocycles. The average molecular weight is 586 g/mol. The van der Waals surface area contributed by atoms with Crippen molar-refractivity contribution in [3.05, 3.63) is 76.9 Å². The predicted molar refractivity (Wildman–Crippen MR) is 152 cm³/mol. The van der Waals surface area contributed by atoms with Crippen molar-refractivity contribution in [2.45, 2.75) is 63.3 Å². The number of aromatic nitrogens is 2. The minimum atomic E-state index is -1.45. The zero-order chi connectivity index (χ0) is 29.9. The Balaban J connectivity index is 1.10. The van der Waals surface area contributed by atoms with E-state index in [-0.39, 0.29) is 30.2 Å². The first-order valence-corrected chi connectivity index (χ1v) is 14.7. The molecule has 2 fully saturated rings. The summed E-state index contributed by atoms with van der Waals surface area (Å²) in [5, 5.41) is 6.83. The molecule has 1 N–H and O–H groups in total. The summed E-state index contributed by atoms with van der Waals surface area (Å²) < 4.78 is 21.3. The summed E-state index contributed by atoms with van der Waals surface area (Å²) in [6.45, 7) is 0.0354. The molecule has 4 amide bonds. The second kappa shape index (κ2) is 10.3. The van der Waals surface area contributed by atoms with Crippen LogP contribution in [0.5, 0.6) is 0 Å². The Morgan fingerprint density at radius 1 is 1.02 bits per heavy atom. The number of benzene rings is 2. The van der Waals surface area contributed by atoms with Crippen LogP contribution in [0, 0.1) is 11.7 Å². The number of amides is 4. The van der Waals surface area contributed by atoms with E-state index in [4.69, 9.17) is 4.74 Å². The lowest BCUT2D eigenvalue weighted by Gasteiger charge is -2.31. The maximum atomic E-state index is 13.9. The lowest BCUT2D eigenvalue weighted by molar-refractivity contribution is -0.143. The number of nitrogens with zero attached hydrogens (tertiary/aromatic N) is 4. The van der Waals surface area contributed by atoms with Crippen LogP contribution in [0.1, 0.15) is 47.9 Å². The Kier molecular flexibility index (Phi) is 6.55. The van der Waals surface area contributed by atoms with Gasteiger partial charge in [-0.15, -0.1) is 0 Å². The van der Waals surface area contributed by atoms with Gasteiger partial charge in [0.1, 0.15) is 18.9 Å². The Labute approximate surface area is 247 Å². The van der Waals surface area contributed by atoms with E-state index in [9.17, 15) is 23.6 Å². The third-order valence-corrected chi connectivity index (χ3v) is 9.31. The summed E-state index contributed by atoms with van der Waals surface area (Å²) in [6, 6.07) is 10.3. The van der Waals surface area contributed by atoms with Gasteiger partial charge in [0, 0.05) is 43.4 Å². The summed E-state index contributed by atoms with van der Waals surface area (Å²) in [4.78, 5) is 55.2. The minimum Gasteiger partial charge on any atom is -0.427 e.